The Hall–Kier alpha value is -1.26. The van der Waals surface area contributed by atoms with Crippen LogP contribution in [-0.4, -0.2) is 41.6 Å². The molecule has 0 radical (unpaired) electrons. The second kappa shape index (κ2) is 6.47. The van der Waals surface area contributed by atoms with Gasteiger partial charge in [-0.2, -0.15) is 0 Å². The molecule has 0 aromatic heterocycles. The number of urea groups is 1. The third kappa shape index (κ3) is 6.14. The summed E-state index contributed by atoms with van der Waals surface area (Å²) in [5.74, 6) is -0.666. The third-order valence-corrected chi connectivity index (χ3v) is 3.03. The molecule has 5 nitrogen and oxygen atoms in total. The minimum Gasteiger partial charge on any atom is -0.480 e. The molecule has 0 spiro atoms. The Morgan fingerprint density at radius 2 is 1.88 bits per heavy atom. The van der Waals surface area contributed by atoms with Crippen molar-refractivity contribution in [3.05, 3.63) is 0 Å². The van der Waals surface area contributed by atoms with Crippen molar-refractivity contribution in [3.63, 3.8) is 0 Å². The number of hydrogen-bond acceptors (Lipinski definition) is 2. The molecule has 0 aliphatic carbocycles. The van der Waals surface area contributed by atoms with E-state index in [9.17, 15) is 9.59 Å². The van der Waals surface area contributed by atoms with E-state index >= 15 is 0 Å². The maximum Gasteiger partial charge on any atom is 0.323 e. The Labute approximate surface area is 103 Å². The summed E-state index contributed by atoms with van der Waals surface area (Å²) in [7, 11) is 0. The standard InChI is InChI=1S/C12H24N2O3/c1-6-14(8-10(15)16)11(17)13-7-9(2)12(3,4)5/h9H,6-8H2,1-5H3,(H,13,17)(H,15,16). The summed E-state index contributed by atoms with van der Waals surface area (Å²) in [5.41, 5.74) is 0.122. The highest BCUT2D eigenvalue weighted by atomic mass is 16.4. The van der Waals surface area contributed by atoms with E-state index in [2.05, 4.69) is 33.0 Å². The predicted molar refractivity (Wildman–Crippen MR) is 66.9 cm³/mol. The van der Waals surface area contributed by atoms with Crippen molar-refractivity contribution in [1.29, 1.82) is 0 Å². The first kappa shape index (κ1) is 15.7. The Morgan fingerprint density at radius 1 is 1.35 bits per heavy atom. The number of rotatable bonds is 5. The molecule has 0 saturated carbocycles. The lowest BCUT2D eigenvalue weighted by molar-refractivity contribution is -0.137. The second-order valence-corrected chi connectivity index (χ2v) is 5.36. The van der Waals surface area contributed by atoms with Crippen molar-refractivity contribution in [2.24, 2.45) is 11.3 Å². The topological polar surface area (TPSA) is 69.6 Å². The average molecular weight is 244 g/mol. The Kier molecular flexibility index (Phi) is 5.99. The Morgan fingerprint density at radius 3 is 2.24 bits per heavy atom. The molecule has 1 unspecified atom stereocenters. The van der Waals surface area contributed by atoms with Crippen molar-refractivity contribution in [3.8, 4) is 0 Å². The molecular formula is C12H24N2O3. The molecule has 1 atom stereocenters. The van der Waals surface area contributed by atoms with Crippen LogP contribution >= 0.6 is 0 Å². The maximum atomic E-state index is 11.7. The lowest BCUT2D eigenvalue weighted by Crippen LogP contribution is -2.45. The normalized spacial score (nSPS) is 13.0. The number of carboxylic acids is 1. The molecule has 0 aromatic rings. The van der Waals surface area contributed by atoms with Gasteiger partial charge in [0, 0.05) is 13.1 Å². The molecule has 2 N–H and O–H groups in total. The minimum absolute atomic E-state index is 0.122. The summed E-state index contributed by atoms with van der Waals surface area (Å²) < 4.78 is 0. The van der Waals surface area contributed by atoms with Crippen LogP contribution in [0, 0.1) is 11.3 Å². The van der Waals surface area contributed by atoms with Gasteiger partial charge in [0.2, 0.25) is 0 Å². The molecular weight excluding hydrogens is 220 g/mol. The van der Waals surface area contributed by atoms with Gasteiger partial charge in [0.25, 0.3) is 0 Å². The monoisotopic (exact) mass is 244 g/mol. The van der Waals surface area contributed by atoms with Gasteiger partial charge in [-0.1, -0.05) is 27.7 Å². The first-order valence-electron chi connectivity index (χ1n) is 5.93. The summed E-state index contributed by atoms with van der Waals surface area (Å²) >= 11 is 0. The highest BCUT2D eigenvalue weighted by molar-refractivity contribution is 5.79. The number of nitrogens with zero attached hydrogens (tertiary/aromatic N) is 1. The van der Waals surface area contributed by atoms with Gasteiger partial charge in [-0.05, 0) is 18.3 Å². The average Bonchev–Trinajstić information content (AvgIpc) is 2.20. The summed E-state index contributed by atoms with van der Waals surface area (Å²) in [6.07, 6.45) is 0. The van der Waals surface area contributed by atoms with Gasteiger partial charge in [-0.25, -0.2) is 4.79 Å². The molecule has 0 aliphatic heterocycles. The van der Waals surface area contributed by atoms with Crippen LogP contribution in [0.15, 0.2) is 0 Å². The van der Waals surface area contributed by atoms with Crippen molar-refractivity contribution in [2.45, 2.75) is 34.6 Å². The fourth-order valence-corrected chi connectivity index (χ4v) is 1.15. The van der Waals surface area contributed by atoms with Gasteiger partial charge >= 0.3 is 12.0 Å². The molecule has 0 aromatic carbocycles. The van der Waals surface area contributed by atoms with E-state index in [-0.39, 0.29) is 18.0 Å². The van der Waals surface area contributed by atoms with E-state index in [1.807, 2.05) is 0 Å². The smallest absolute Gasteiger partial charge is 0.323 e. The van der Waals surface area contributed by atoms with Crippen LogP contribution in [-0.2, 0) is 4.79 Å². The Bertz CT molecular complexity index is 271. The van der Waals surface area contributed by atoms with E-state index in [4.69, 9.17) is 5.11 Å². The molecule has 0 rings (SSSR count). The van der Waals surface area contributed by atoms with E-state index < -0.39 is 5.97 Å². The molecule has 5 heteroatoms. The highest BCUT2D eigenvalue weighted by Gasteiger charge is 2.21. The number of nitrogens with one attached hydrogen (secondary N) is 1. The summed E-state index contributed by atoms with van der Waals surface area (Å²) in [4.78, 5) is 23.5. The highest BCUT2D eigenvalue weighted by Crippen LogP contribution is 2.24. The van der Waals surface area contributed by atoms with Crippen LogP contribution in [0.2, 0.25) is 0 Å². The molecule has 0 fully saturated rings. The quantitative estimate of drug-likeness (QED) is 0.774. The van der Waals surface area contributed by atoms with Gasteiger partial charge in [0.1, 0.15) is 6.54 Å². The lowest BCUT2D eigenvalue weighted by Gasteiger charge is -2.28. The Balaban J connectivity index is 4.20. The zero-order valence-electron chi connectivity index (χ0n) is 11.4. The maximum absolute atomic E-state index is 11.7. The van der Waals surface area contributed by atoms with Gasteiger partial charge < -0.3 is 15.3 Å². The SMILES string of the molecule is CCN(CC(=O)O)C(=O)NCC(C)C(C)(C)C. The first-order chi connectivity index (χ1) is 7.68. The van der Waals surface area contributed by atoms with Gasteiger partial charge in [-0.15, -0.1) is 0 Å². The van der Waals surface area contributed by atoms with Crippen LogP contribution in [0.1, 0.15) is 34.6 Å². The van der Waals surface area contributed by atoms with Crippen molar-refractivity contribution in [2.75, 3.05) is 19.6 Å². The summed E-state index contributed by atoms with van der Waals surface area (Å²) in [6.45, 7) is 10.8. The zero-order chi connectivity index (χ0) is 13.6. The summed E-state index contributed by atoms with van der Waals surface area (Å²) in [6, 6.07) is -0.314. The minimum atomic E-state index is -0.995. The largest absolute Gasteiger partial charge is 0.480 e. The van der Waals surface area contributed by atoms with E-state index in [0.717, 1.165) is 0 Å². The number of carbonyl (C=O) groups is 2. The number of carboxylic acid groups (broad SMARTS) is 1. The van der Waals surface area contributed by atoms with Crippen molar-refractivity contribution < 1.29 is 14.7 Å². The second-order valence-electron chi connectivity index (χ2n) is 5.36. The number of likely N-dealkylation sites (N-methyl/N-ethyl adjacent to an activating group) is 1. The zero-order valence-corrected chi connectivity index (χ0v) is 11.4. The van der Waals surface area contributed by atoms with Crippen LogP contribution in [0.5, 0.6) is 0 Å². The molecule has 0 aliphatic rings. The number of carbonyl (C=O) groups excluding carboxylic acids is 1. The molecule has 0 bridgehead atoms. The molecule has 0 saturated heterocycles. The molecule has 0 heterocycles. The molecule has 100 valence electrons. The number of hydrogen-bond donors (Lipinski definition) is 2. The molecule has 17 heavy (non-hydrogen) atoms. The van der Waals surface area contributed by atoms with Crippen LogP contribution in [0.4, 0.5) is 4.79 Å². The molecule has 2 amide bonds. The van der Waals surface area contributed by atoms with Crippen LogP contribution in [0.3, 0.4) is 0 Å². The van der Waals surface area contributed by atoms with Crippen LogP contribution in [0.25, 0.3) is 0 Å². The van der Waals surface area contributed by atoms with Gasteiger partial charge in [0.05, 0.1) is 0 Å². The fraction of sp³-hybridized carbons (Fsp3) is 0.833. The van der Waals surface area contributed by atoms with Gasteiger partial charge in [-0.3, -0.25) is 4.79 Å². The fourth-order valence-electron chi connectivity index (χ4n) is 1.15. The third-order valence-electron chi connectivity index (χ3n) is 3.03. The predicted octanol–water partition coefficient (Wildman–Crippen LogP) is 1.78. The number of amides is 2. The van der Waals surface area contributed by atoms with Crippen LogP contribution < -0.4 is 5.32 Å². The van der Waals surface area contributed by atoms with Crippen molar-refractivity contribution in [1.82, 2.24) is 10.2 Å². The van der Waals surface area contributed by atoms with E-state index in [1.54, 1.807) is 6.92 Å². The number of aliphatic carboxylic acids is 1. The van der Waals surface area contributed by atoms with Crippen molar-refractivity contribution >= 4 is 12.0 Å². The van der Waals surface area contributed by atoms with E-state index in [0.29, 0.717) is 19.0 Å². The first-order valence-corrected chi connectivity index (χ1v) is 5.93. The van der Waals surface area contributed by atoms with E-state index in [1.165, 1.54) is 4.90 Å². The van der Waals surface area contributed by atoms with Gasteiger partial charge in [0.15, 0.2) is 0 Å². The summed E-state index contributed by atoms with van der Waals surface area (Å²) in [5, 5.41) is 11.4. The lowest BCUT2D eigenvalue weighted by atomic mass is 9.82.